The fraction of sp³-hybridized carbons (Fsp3) is 0.500. The van der Waals surface area contributed by atoms with Crippen LogP contribution in [0, 0.1) is 0 Å². The van der Waals surface area contributed by atoms with Crippen LogP contribution in [0.1, 0.15) is 13.8 Å². The third-order valence-electron chi connectivity index (χ3n) is 1.63. The Morgan fingerprint density at radius 1 is 1.85 bits per heavy atom. The van der Waals surface area contributed by atoms with Gasteiger partial charge in [0.05, 0.1) is 0 Å². The van der Waals surface area contributed by atoms with Crippen molar-refractivity contribution < 1.29 is 14.7 Å². The van der Waals surface area contributed by atoms with Crippen LogP contribution in [0.15, 0.2) is 16.8 Å². The highest BCUT2D eigenvalue weighted by Crippen LogP contribution is 2.13. The summed E-state index contributed by atoms with van der Waals surface area (Å²) >= 11 is 0. The summed E-state index contributed by atoms with van der Waals surface area (Å²) in [5.41, 5.74) is 0.851. The Balaban J connectivity index is 2.53. The second-order valence-electron chi connectivity index (χ2n) is 2.73. The first-order valence-corrected chi connectivity index (χ1v) is 3.95. The van der Waals surface area contributed by atoms with Crippen molar-refractivity contribution in [3.05, 3.63) is 11.8 Å². The minimum atomic E-state index is -0.991. The Kier molecular flexibility index (Phi) is 3.02. The smallest absolute Gasteiger partial charge is 0.332 e. The second kappa shape index (κ2) is 4.04. The predicted octanol–water partition coefficient (Wildman–Crippen LogP) is 0.639. The van der Waals surface area contributed by atoms with Crippen molar-refractivity contribution in [2.24, 2.45) is 4.99 Å². The maximum Gasteiger partial charge on any atom is 0.332 e. The molecule has 0 radical (unpaired) electrons. The van der Waals surface area contributed by atoms with Gasteiger partial charge in [0.25, 0.3) is 0 Å². The van der Waals surface area contributed by atoms with Crippen LogP contribution in [-0.2, 0) is 9.63 Å². The van der Waals surface area contributed by atoms with Gasteiger partial charge < -0.3 is 5.11 Å². The van der Waals surface area contributed by atoms with E-state index >= 15 is 0 Å². The Labute approximate surface area is 76.3 Å². The van der Waals surface area contributed by atoms with Crippen LogP contribution in [0.4, 0.5) is 0 Å². The summed E-state index contributed by atoms with van der Waals surface area (Å²) in [7, 11) is 0. The Hall–Kier alpha value is -1.36. The summed E-state index contributed by atoms with van der Waals surface area (Å²) in [6, 6.07) is 0. The summed E-state index contributed by atoms with van der Waals surface area (Å²) in [5, 5.41) is 9.89. The van der Waals surface area contributed by atoms with Crippen molar-refractivity contribution in [3.63, 3.8) is 0 Å². The summed E-state index contributed by atoms with van der Waals surface area (Å²) in [6.45, 7) is 3.32. The van der Waals surface area contributed by atoms with Gasteiger partial charge in [0.2, 0.25) is 0 Å². The maximum atomic E-state index is 10.2. The number of carbonyl (C=O) groups is 1. The lowest BCUT2D eigenvalue weighted by Crippen LogP contribution is -2.34. The molecule has 5 heteroatoms. The number of hydrogen-bond acceptors (Lipinski definition) is 4. The highest BCUT2D eigenvalue weighted by atomic mass is 16.7. The van der Waals surface area contributed by atoms with E-state index in [1.54, 1.807) is 12.3 Å². The highest BCUT2D eigenvalue weighted by Gasteiger charge is 2.16. The number of hydroxylamine groups is 2. The van der Waals surface area contributed by atoms with E-state index in [1.807, 2.05) is 13.8 Å². The summed E-state index contributed by atoms with van der Waals surface area (Å²) in [5.74, 6) is -0.991. The standard InChI is InChI=1S/C8H12N2O3/c1-6-3-4-9-7(2)10(6)13-5-8(11)12/h3-4,7H,5H2,1-2H3,(H,11,12). The lowest BCUT2D eigenvalue weighted by molar-refractivity contribution is -0.178. The maximum absolute atomic E-state index is 10.2. The first-order chi connectivity index (χ1) is 6.11. The van der Waals surface area contributed by atoms with E-state index in [1.165, 1.54) is 5.06 Å². The molecule has 13 heavy (non-hydrogen) atoms. The van der Waals surface area contributed by atoms with Crippen molar-refractivity contribution in [1.82, 2.24) is 5.06 Å². The molecule has 0 aliphatic carbocycles. The van der Waals surface area contributed by atoms with Gasteiger partial charge in [-0.2, -0.15) is 0 Å². The third-order valence-corrected chi connectivity index (χ3v) is 1.63. The molecule has 0 amide bonds. The molecule has 1 aliphatic rings. The summed E-state index contributed by atoms with van der Waals surface area (Å²) < 4.78 is 0. The van der Waals surface area contributed by atoms with E-state index in [9.17, 15) is 4.79 Å². The van der Waals surface area contributed by atoms with Crippen molar-refractivity contribution >= 4 is 12.2 Å². The van der Waals surface area contributed by atoms with E-state index in [-0.39, 0.29) is 12.8 Å². The lowest BCUT2D eigenvalue weighted by atomic mass is 10.3. The van der Waals surface area contributed by atoms with Gasteiger partial charge in [-0.15, -0.1) is 0 Å². The molecule has 1 heterocycles. The van der Waals surface area contributed by atoms with Gasteiger partial charge in [0.15, 0.2) is 6.61 Å². The first kappa shape index (κ1) is 9.73. The number of allylic oxidation sites excluding steroid dienone is 2. The van der Waals surface area contributed by atoms with Crippen molar-refractivity contribution in [1.29, 1.82) is 0 Å². The number of carboxylic acid groups (broad SMARTS) is 1. The molecule has 1 N–H and O–H groups in total. The van der Waals surface area contributed by atoms with Crippen molar-refractivity contribution in [2.45, 2.75) is 20.0 Å². The molecule has 1 aliphatic heterocycles. The Morgan fingerprint density at radius 3 is 3.08 bits per heavy atom. The van der Waals surface area contributed by atoms with Gasteiger partial charge in [0, 0.05) is 11.9 Å². The molecule has 0 aromatic rings. The van der Waals surface area contributed by atoms with Gasteiger partial charge in [-0.25, -0.2) is 9.86 Å². The van der Waals surface area contributed by atoms with E-state index in [0.29, 0.717) is 0 Å². The second-order valence-corrected chi connectivity index (χ2v) is 2.73. The van der Waals surface area contributed by atoms with Crippen LogP contribution in [0.3, 0.4) is 0 Å². The molecule has 72 valence electrons. The van der Waals surface area contributed by atoms with Crippen molar-refractivity contribution in [2.75, 3.05) is 6.61 Å². The van der Waals surface area contributed by atoms with Crippen LogP contribution in [0.25, 0.3) is 0 Å². The van der Waals surface area contributed by atoms with Crippen LogP contribution < -0.4 is 0 Å². The van der Waals surface area contributed by atoms with Gasteiger partial charge in [0.1, 0.15) is 6.17 Å². The van der Waals surface area contributed by atoms with Gasteiger partial charge in [-0.3, -0.25) is 9.83 Å². The molecular weight excluding hydrogens is 172 g/mol. The average molecular weight is 184 g/mol. The molecule has 1 rings (SSSR count). The predicted molar refractivity (Wildman–Crippen MR) is 47.1 cm³/mol. The number of rotatable bonds is 3. The molecule has 0 saturated heterocycles. The number of carboxylic acids is 1. The first-order valence-electron chi connectivity index (χ1n) is 3.95. The minimum absolute atomic E-state index is 0.163. The van der Waals surface area contributed by atoms with E-state index in [4.69, 9.17) is 9.94 Å². The number of aliphatic imine (C=N–C) groups is 1. The normalized spacial score (nSPS) is 21.5. The SMILES string of the molecule is CC1=CC=NC(C)N1OCC(=O)O. The van der Waals surface area contributed by atoms with Crippen LogP contribution in [0.2, 0.25) is 0 Å². The molecule has 0 aromatic carbocycles. The molecule has 0 fully saturated rings. The molecule has 0 saturated carbocycles. The van der Waals surface area contributed by atoms with Crippen LogP contribution >= 0.6 is 0 Å². The summed E-state index contributed by atoms with van der Waals surface area (Å²) in [6.07, 6.45) is 3.28. The Bertz CT molecular complexity index is 260. The molecule has 0 spiro atoms. The average Bonchev–Trinajstić information content (AvgIpc) is 2.03. The monoisotopic (exact) mass is 184 g/mol. The largest absolute Gasteiger partial charge is 0.479 e. The summed E-state index contributed by atoms with van der Waals surface area (Å²) in [4.78, 5) is 19.3. The van der Waals surface area contributed by atoms with Gasteiger partial charge >= 0.3 is 5.97 Å². The molecule has 1 unspecified atom stereocenters. The lowest BCUT2D eigenvalue weighted by Gasteiger charge is -2.29. The van der Waals surface area contributed by atoms with E-state index in [2.05, 4.69) is 4.99 Å². The highest BCUT2D eigenvalue weighted by molar-refractivity contribution is 5.73. The zero-order valence-electron chi connectivity index (χ0n) is 7.60. The fourth-order valence-corrected chi connectivity index (χ4v) is 1.04. The molecule has 5 nitrogen and oxygen atoms in total. The fourth-order valence-electron chi connectivity index (χ4n) is 1.04. The molecular formula is C8H12N2O3. The third kappa shape index (κ3) is 2.55. The number of nitrogens with zero attached hydrogens (tertiary/aromatic N) is 2. The van der Waals surface area contributed by atoms with Crippen molar-refractivity contribution in [3.8, 4) is 0 Å². The molecule has 0 bridgehead atoms. The molecule has 0 aromatic heterocycles. The van der Waals surface area contributed by atoms with Gasteiger partial charge in [-0.05, 0) is 19.9 Å². The number of hydrogen-bond donors (Lipinski definition) is 1. The zero-order valence-corrected chi connectivity index (χ0v) is 7.60. The van der Waals surface area contributed by atoms with Gasteiger partial charge in [-0.1, -0.05) is 0 Å². The van der Waals surface area contributed by atoms with Crippen LogP contribution in [0.5, 0.6) is 0 Å². The minimum Gasteiger partial charge on any atom is -0.479 e. The molecule has 1 atom stereocenters. The topological polar surface area (TPSA) is 62.1 Å². The van der Waals surface area contributed by atoms with Crippen LogP contribution in [-0.4, -0.2) is 35.1 Å². The van der Waals surface area contributed by atoms with E-state index in [0.717, 1.165) is 5.70 Å². The quantitative estimate of drug-likeness (QED) is 0.699. The Morgan fingerprint density at radius 2 is 2.54 bits per heavy atom. The zero-order chi connectivity index (χ0) is 9.84. The number of aliphatic carboxylic acids is 1. The van der Waals surface area contributed by atoms with E-state index < -0.39 is 5.97 Å².